The summed E-state index contributed by atoms with van der Waals surface area (Å²) in [4.78, 5) is 44.3. The molecule has 1 saturated heterocycles. The number of fused-ring (bicyclic) bond motifs is 1. The smallest absolute Gasteiger partial charge is 0.367 e. The van der Waals surface area contributed by atoms with Crippen LogP contribution in [-0.2, 0) is 22.4 Å². The van der Waals surface area contributed by atoms with Crippen LogP contribution in [-0.4, -0.2) is 72.0 Å². The molecule has 2 aliphatic rings. The van der Waals surface area contributed by atoms with Gasteiger partial charge in [-0.1, -0.05) is 23.9 Å². The van der Waals surface area contributed by atoms with Crippen molar-refractivity contribution in [2.24, 2.45) is 0 Å². The van der Waals surface area contributed by atoms with Crippen LogP contribution in [0.25, 0.3) is 0 Å². The summed E-state index contributed by atoms with van der Waals surface area (Å²) in [5.41, 5.74) is 2.53. The lowest BCUT2D eigenvalue weighted by Gasteiger charge is -2.35. The minimum atomic E-state index is -0.479. The monoisotopic (exact) mass is 471 g/mol. The van der Waals surface area contributed by atoms with E-state index < -0.39 is 5.97 Å². The van der Waals surface area contributed by atoms with Gasteiger partial charge in [-0.25, -0.2) is 14.3 Å². The molecule has 1 amide bonds. The van der Waals surface area contributed by atoms with Gasteiger partial charge in [0.2, 0.25) is 5.91 Å². The molecule has 9 nitrogen and oxygen atoms in total. The Kier molecular flexibility index (Phi) is 7.34. The minimum Gasteiger partial charge on any atom is -0.462 e. The number of anilines is 1. The first-order chi connectivity index (χ1) is 16.0. The number of nitrogens with one attached hydrogen (secondary N) is 1. The SMILES string of the molecule is CCOC(=O)c1ccccc1NC(=O)CSc1nc(=O)n(N2CCN(C)CC2)c2c1CCC2. The Hall–Kier alpha value is -2.85. The zero-order valence-electron chi connectivity index (χ0n) is 19.0. The fourth-order valence-corrected chi connectivity index (χ4v) is 5.09. The first-order valence-corrected chi connectivity index (χ1v) is 12.2. The number of hydrogen-bond donors (Lipinski definition) is 1. The molecule has 176 valence electrons. The lowest BCUT2D eigenvalue weighted by atomic mass is 10.2. The Balaban J connectivity index is 1.47. The third-order valence-corrected chi connectivity index (χ3v) is 6.90. The summed E-state index contributed by atoms with van der Waals surface area (Å²) >= 11 is 1.27. The molecule has 4 rings (SSSR count). The van der Waals surface area contributed by atoms with Gasteiger partial charge >= 0.3 is 11.7 Å². The number of hydrogen-bond acceptors (Lipinski definition) is 8. The van der Waals surface area contributed by atoms with Crippen LogP contribution in [0.15, 0.2) is 34.1 Å². The van der Waals surface area contributed by atoms with E-state index >= 15 is 0 Å². The number of carbonyl (C=O) groups excluding carboxylic acids is 2. The Morgan fingerprint density at radius 3 is 2.67 bits per heavy atom. The Bertz CT molecular complexity index is 1090. The second-order valence-corrected chi connectivity index (χ2v) is 9.11. The van der Waals surface area contributed by atoms with E-state index in [1.165, 1.54) is 11.8 Å². The van der Waals surface area contributed by atoms with E-state index in [-0.39, 0.29) is 24.0 Å². The number of ether oxygens (including phenoxy) is 1. The summed E-state index contributed by atoms with van der Waals surface area (Å²) < 4.78 is 6.82. The largest absolute Gasteiger partial charge is 0.462 e. The van der Waals surface area contributed by atoms with Crippen molar-refractivity contribution in [2.75, 3.05) is 55.9 Å². The van der Waals surface area contributed by atoms with Gasteiger partial charge in [-0.2, -0.15) is 4.98 Å². The number of carbonyl (C=O) groups is 2. The maximum Gasteiger partial charge on any atom is 0.367 e. The third-order valence-electron chi connectivity index (χ3n) is 5.88. The van der Waals surface area contributed by atoms with E-state index in [0.717, 1.165) is 56.7 Å². The Labute approximate surface area is 197 Å². The fourth-order valence-electron chi connectivity index (χ4n) is 4.22. The van der Waals surface area contributed by atoms with Crippen molar-refractivity contribution < 1.29 is 14.3 Å². The predicted octanol–water partition coefficient (Wildman–Crippen LogP) is 1.52. The molecular formula is C23H29N5O4S. The molecule has 1 aliphatic heterocycles. The van der Waals surface area contributed by atoms with Gasteiger partial charge in [0.1, 0.15) is 5.03 Å². The van der Waals surface area contributed by atoms with Crippen molar-refractivity contribution in [1.29, 1.82) is 0 Å². The van der Waals surface area contributed by atoms with Crippen LogP contribution in [0.2, 0.25) is 0 Å². The van der Waals surface area contributed by atoms with E-state index in [1.807, 2.05) is 0 Å². The molecule has 10 heteroatoms. The number of thioether (sulfide) groups is 1. The number of esters is 1. The molecule has 0 spiro atoms. The molecular weight excluding hydrogens is 442 g/mol. The summed E-state index contributed by atoms with van der Waals surface area (Å²) in [6, 6.07) is 6.76. The molecule has 1 aromatic heterocycles. The van der Waals surface area contributed by atoms with Crippen molar-refractivity contribution in [3.63, 3.8) is 0 Å². The lowest BCUT2D eigenvalue weighted by molar-refractivity contribution is -0.113. The quantitative estimate of drug-likeness (QED) is 0.369. The number of aromatic nitrogens is 2. The molecule has 1 fully saturated rings. The molecule has 0 bridgehead atoms. The van der Waals surface area contributed by atoms with Crippen LogP contribution in [0.4, 0.5) is 5.69 Å². The number of piperazine rings is 1. The summed E-state index contributed by atoms with van der Waals surface area (Å²) in [5.74, 6) is -0.657. The molecule has 1 N–H and O–H groups in total. The summed E-state index contributed by atoms with van der Waals surface area (Å²) in [7, 11) is 2.08. The van der Waals surface area contributed by atoms with Crippen LogP contribution in [0, 0.1) is 0 Å². The first kappa shape index (κ1) is 23.3. The van der Waals surface area contributed by atoms with Crippen LogP contribution in [0.5, 0.6) is 0 Å². The summed E-state index contributed by atoms with van der Waals surface area (Å²) in [6.45, 7) is 5.39. The highest BCUT2D eigenvalue weighted by Gasteiger charge is 2.26. The second-order valence-electron chi connectivity index (χ2n) is 8.15. The van der Waals surface area contributed by atoms with Gasteiger partial charge in [0.15, 0.2) is 0 Å². The van der Waals surface area contributed by atoms with Crippen molar-refractivity contribution in [1.82, 2.24) is 14.6 Å². The molecule has 0 saturated carbocycles. The number of likely N-dealkylation sites (N-methyl/N-ethyl adjacent to an activating group) is 1. The maximum absolute atomic E-state index is 12.9. The fraction of sp³-hybridized carbons (Fsp3) is 0.478. The average Bonchev–Trinajstić information content (AvgIpc) is 3.29. The van der Waals surface area contributed by atoms with Crippen molar-refractivity contribution in [2.45, 2.75) is 31.2 Å². The number of rotatable bonds is 7. The van der Waals surface area contributed by atoms with Gasteiger partial charge in [-0.3, -0.25) is 4.79 Å². The summed E-state index contributed by atoms with van der Waals surface area (Å²) in [6.07, 6.45) is 2.67. The van der Waals surface area contributed by atoms with E-state index in [9.17, 15) is 14.4 Å². The normalized spacial score (nSPS) is 15.9. The first-order valence-electron chi connectivity index (χ1n) is 11.2. The highest BCUT2D eigenvalue weighted by atomic mass is 32.2. The van der Waals surface area contributed by atoms with Crippen LogP contribution in [0.1, 0.15) is 35.0 Å². The molecule has 0 atom stereocenters. The van der Waals surface area contributed by atoms with Crippen molar-refractivity contribution in [3.05, 3.63) is 51.6 Å². The van der Waals surface area contributed by atoms with E-state index in [0.29, 0.717) is 16.3 Å². The third kappa shape index (κ3) is 5.22. The minimum absolute atomic E-state index is 0.0918. The zero-order valence-corrected chi connectivity index (χ0v) is 19.8. The van der Waals surface area contributed by atoms with Gasteiger partial charge in [-0.05, 0) is 45.4 Å². The summed E-state index contributed by atoms with van der Waals surface area (Å²) in [5, 5.41) is 5.51. The molecule has 2 heterocycles. The van der Waals surface area contributed by atoms with E-state index in [2.05, 4.69) is 27.3 Å². The van der Waals surface area contributed by atoms with Crippen LogP contribution in [0.3, 0.4) is 0 Å². The predicted molar refractivity (Wildman–Crippen MR) is 128 cm³/mol. The molecule has 1 aromatic carbocycles. The highest BCUT2D eigenvalue weighted by Crippen LogP contribution is 2.29. The van der Waals surface area contributed by atoms with Crippen molar-refractivity contribution >= 4 is 29.3 Å². The number of benzene rings is 1. The van der Waals surface area contributed by atoms with Crippen LogP contribution < -0.4 is 16.0 Å². The zero-order chi connectivity index (χ0) is 23.4. The topological polar surface area (TPSA) is 96.8 Å². The Morgan fingerprint density at radius 2 is 1.91 bits per heavy atom. The molecule has 0 unspecified atom stereocenters. The standard InChI is InChI=1S/C23H29N5O4S/c1-3-32-22(30)16-7-4-5-9-18(16)24-20(29)15-33-21-17-8-6-10-19(17)28(23(31)25-21)27-13-11-26(2)12-14-27/h4-5,7,9H,3,6,8,10-15H2,1-2H3,(H,24,29). The van der Waals surface area contributed by atoms with Gasteiger partial charge in [0.25, 0.3) is 0 Å². The van der Waals surface area contributed by atoms with Gasteiger partial charge in [0, 0.05) is 31.7 Å². The number of para-hydroxylation sites is 1. The van der Waals surface area contributed by atoms with Gasteiger partial charge in [0.05, 0.1) is 29.3 Å². The van der Waals surface area contributed by atoms with Gasteiger partial charge < -0.3 is 20.0 Å². The number of amides is 1. The number of nitrogens with zero attached hydrogens (tertiary/aromatic N) is 4. The highest BCUT2D eigenvalue weighted by molar-refractivity contribution is 8.00. The maximum atomic E-state index is 12.9. The second kappa shape index (κ2) is 10.4. The lowest BCUT2D eigenvalue weighted by Crippen LogP contribution is -2.54. The van der Waals surface area contributed by atoms with Crippen LogP contribution >= 0.6 is 11.8 Å². The van der Waals surface area contributed by atoms with Crippen molar-refractivity contribution in [3.8, 4) is 0 Å². The van der Waals surface area contributed by atoms with E-state index in [4.69, 9.17) is 4.74 Å². The molecule has 0 radical (unpaired) electrons. The Morgan fingerprint density at radius 1 is 1.15 bits per heavy atom. The van der Waals surface area contributed by atoms with E-state index in [1.54, 1.807) is 35.9 Å². The molecule has 1 aliphatic carbocycles. The average molecular weight is 472 g/mol. The van der Waals surface area contributed by atoms with Gasteiger partial charge in [-0.15, -0.1) is 0 Å². The molecule has 2 aromatic rings. The molecule has 33 heavy (non-hydrogen) atoms.